The van der Waals surface area contributed by atoms with Gasteiger partial charge in [-0.3, -0.25) is 14.8 Å². The molecule has 0 bridgehead atoms. The highest BCUT2D eigenvalue weighted by molar-refractivity contribution is 5.77. The maximum atomic E-state index is 12.8. The van der Waals surface area contributed by atoms with E-state index in [1.54, 1.807) is 18.6 Å². The molecule has 0 saturated carbocycles. The molecular weight excluding hydrogens is 310 g/mol. The van der Waals surface area contributed by atoms with Crippen LogP contribution in [-0.4, -0.2) is 27.3 Å². The summed E-state index contributed by atoms with van der Waals surface area (Å²) in [5, 5.41) is 0. The van der Waals surface area contributed by atoms with Crippen molar-refractivity contribution in [1.82, 2.24) is 14.9 Å². The van der Waals surface area contributed by atoms with Crippen LogP contribution in [0.1, 0.15) is 68.3 Å². The van der Waals surface area contributed by atoms with Crippen LogP contribution in [0, 0.1) is 0 Å². The predicted molar refractivity (Wildman–Crippen MR) is 99.2 cm³/mol. The number of hydrogen-bond acceptors (Lipinski definition) is 3. The summed E-state index contributed by atoms with van der Waals surface area (Å²) in [6, 6.07) is 9.03. The van der Waals surface area contributed by atoms with E-state index in [9.17, 15) is 4.79 Å². The quantitative estimate of drug-likeness (QED) is 0.818. The molecule has 1 atom stereocenters. The second-order valence-corrected chi connectivity index (χ2v) is 7.12. The minimum absolute atomic E-state index is 0.212. The highest BCUT2D eigenvalue weighted by Crippen LogP contribution is 2.32. The van der Waals surface area contributed by atoms with Crippen molar-refractivity contribution in [3.8, 4) is 0 Å². The number of hydrogen-bond donors (Lipinski definition) is 0. The molecule has 1 aromatic heterocycles. The molecule has 1 aliphatic rings. The lowest BCUT2D eigenvalue weighted by Gasteiger charge is -2.36. The number of piperidine rings is 1. The number of benzene rings is 1. The zero-order valence-corrected chi connectivity index (χ0v) is 15.2. The Bertz CT molecular complexity index is 682. The lowest BCUT2D eigenvalue weighted by molar-refractivity contribution is -0.135. The molecule has 1 saturated heterocycles. The third kappa shape index (κ3) is 4.44. The second-order valence-electron chi connectivity index (χ2n) is 7.12. The van der Waals surface area contributed by atoms with Crippen molar-refractivity contribution in [3.05, 3.63) is 59.7 Å². The van der Waals surface area contributed by atoms with Crippen LogP contribution >= 0.6 is 0 Å². The Hall–Kier alpha value is -2.23. The molecule has 1 amide bonds. The third-order valence-electron chi connectivity index (χ3n) is 5.02. The smallest absolute Gasteiger partial charge is 0.223 e. The van der Waals surface area contributed by atoms with Gasteiger partial charge in [0.05, 0.1) is 11.7 Å². The molecule has 0 N–H and O–H groups in total. The predicted octanol–water partition coefficient (Wildman–Crippen LogP) is 4.29. The minimum Gasteiger partial charge on any atom is -0.336 e. The van der Waals surface area contributed by atoms with Gasteiger partial charge in [0.25, 0.3) is 0 Å². The van der Waals surface area contributed by atoms with Crippen molar-refractivity contribution in [1.29, 1.82) is 0 Å². The van der Waals surface area contributed by atoms with Gasteiger partial charge in [0, 0.05) is 31.6 Å². The summed E-state index contributed by atoms with van der Waals surface area (Å²) in [7, 11) is 0. The molecule has 4 nitrogen and oxygen atoms in total. The van der Waals surface area contributed by atoms with Crippen LogP contribution in [0.25, 0.3) is 0 Å². The zero-order valence-electron chi connectivity index (χ0n) is 15.2. The molecule has 0 unspecified atom stereocenters. The Balaban J connectivity index is 1.68. The van der Waals surface area contributed by atoms with E-state index in [-0.39, 0.29) is 11.9 Å². The molecule has 0 radical (unpaired) electrons. The molecule has 0 spiro atoms. The fourth-order valence-corrected chi connectivity index (χ4v) is 3.52. The number of amides is 1. The van der Waals surface area contributed by atoms with Crippen molar-refractivity contribution in [3.63, 3.8) is 0 Å². The van der Waals surface area contributed by atoms with Gasteiger partial charge in [0.15, 0.2) is 0 Å². The molecule has 25 heavy (non-hydrogen) atoms. The molecular formula is C21H27N3O. The lowest BCUT2D eigenvalue weighted by Crippen LogP contribution is -2.38. The standard InChI is InChI=1S/C21H27N3O/c1-16(2)17-6-8-18(9-7-17)20-5-3-4-14-24(20)21(25)11-10-19-15-22-12-13-23-19/h6-9,12-13,15-16,20H,3-5,10-11,14H2,1-2H3/t20-/m0/s1. The monoisotopic (exact) mass is 337 g/mol. The van der Waals surface area contributed by atoms with E-state index in [0.29, 0.717) is 18.8 Å². The van der Waals surface area contributed by atoms with E-state index in [4.69, 9.17) is 0 Å². The fourth-order valence-electron chi connectivity index (χ4n) is 3.52. The van der Waals surface area contributed by atoms with Crippen LogP contribution in [0.5, 0.6) is 0 Å². The van der Waals surface area contributed by atoms with Crippen molar-refractivity contribution in [2.24, 2.45) is 0 Å². The largest absolute Gasteiger partial charge is 0.336 e. The van der Waals surface area contributed by atoms with Gasteiger partial charge >= 0.3 is 0 Å². The summed E-state index contributed by atoms with van der Waals surface area (Å²) in [6.45, 7) is 5.27. The summed E-state index contributed by atoms with van der Waals surface area (Å²) >= 11 is 0. The first-order valence-electron chi connectivity index (χ1n) is 9.29. The van der Waals surface area contributed by atoms with Crippen molar-refractivity contribution in [2.45, 2.75) is 57.9 Å². The van der Waals surface area contributed by atoms with E-state index >= 15 is 0 Å². The van der Waals surface area contributed by atoms with Crippen molar-refractivity contribution < 1.29 is 4.79 Å². The van der Waals surface area contributed by atoms with E-state index in [2.05, 4.69) is 53.0 Å². The molecule has 2 heterocycles. The molecule has 1 aliphatic heterocycles. The summed E-state index contributed by atoms with van der Waals surface area (Å²) in [5.41, 5.74) is 3.49. The van der Waals surface area contributed by atoms with E-state index in [1.165, 1.54) is 17.5 Å². The normalized spacial score (nSPS) is 17.7. The van der Waals surface area contributed by atoms with Crippen molar-refractivity contribution in [2.75, 3.05) is 6.54 Å². The van der Waals surface area contributed by atoms with Gasteiger partial charge in [-0.05, 0) is 42.7 Å². The van der Waals surface area contributed by atoms with Crippen LogP contribution < -0.4 is 0 Å². The first-order chi connectivity index (χ1) is 12.1. The van der Waals surface area contributed by atoms with Gasteiger partial charge in [-0.15, -0.1) is 0 Å². The van der Waals surface area contributed by atoms with Crippen LogP contribution in [0.15, 0.2) is 42.9 Å². The van der Waals surface area contributed by atoms with Gasteiger partial charge < -0.3 is 4.90 Å². The zero-order chi connectivity index (χ0) is 17.6. The van der Waals surface area contributed by atoms with Gasteiger partial charge in [0.1, 0.15) is 0 Å². The topological polar surface area (TPSA) is 46.1 Å². The summed E-state index contributed by atoms with van der Waals surface area (Å²) < 4.78 is 0. The first-order valence-corrected chi connectivity index (χ1v) is 9.29. The van der Waals surface area contributed by atoms with Crippen molar-refractivity contribution >= 4 is 5.91 Å². The molecule has 0 aliphatic carbocycles. The van der Waals surface area contributed by atoms with Gasteiger partial charge in [-0.25, -0.2) is 0 Å². The maximum Gasteiger partial charge on any atom is 0.223 e. The molecule has 3 rings (SSSR count). The molecule has 4 heteroatoms. The number of carbonyl (C=O) groups is 1. The van der Waals surface area contributed by atoms with E-state index in [0.717, 1.165) is 25.1 Å². The maximum absolute atomic E-state index is 12.8. The molecule has 1 fully saturated rings. The average Bonchev–Trinajstić information content (AvgIpc) is 2.67. The van der Waals surface area contributed by atoms with E-state index < -0.39 is 0 Å². The first kappa shape index (κ1) is 17.6. The molecule has 132 valence electrons. The number of aryl methyl sites for hydroxylation is 1. The second kappa shape index (κ2) is 8.24. The van der Waals surface area contributed by atoms with E-state index in [1.807, 2.05) is 0 Å². The molecule has 2 aromatic rings. The van der Waals surface area contributed by atoms with Crippen LogP contribution in [0.2, 0.25) is 0 Å². The number of rotatable bonds is 5. The summed E-state index contributed by atoms with van der Waals surface area (Å²) in [4.78, 5) is 23.2. The number of nitrogens with zero attached hydrogens (tertiary/aromatic N) is 3. The SMILES string of the molecule is CC(C)c1ccc([C@@H]2CCCCN2C(=O)CCc2cnccn2)cc1. The third-order valence-corrected chi connectivity index (χ3v) is 5.02. The minimum atomic E-state index is 0.212. The van der Waals surface area contributed by atoms with Gasteiger partial charge in [-0.2, -0.15) is 0 Å². The highest BCUT2D eigenvalue weighted by Gasteiger charge is 2.27. The number of carbonyl (C=O) groups excluding carboxylic acids is 1. The average molecular weight is 337 g/mol. The Morgan fingerprint density at radius 1 is 1.20 bits per heavy atom. The number of likely N-dealkylation sites (tertiary alicyclic amines) is 1. The molecule has 1 aromatic carbocycles. The Morgan fingerprint density at radius 2 is 2.00 bits per heavy atom. The van der Waals surface area contributed by atoms with Gasteiger partial charge in [0.2, 0.25) is 5.91 Å². The summed E-state index contributed by atoms with van der Waals surface area (Å²) in [5.74, 6) is 0.758. The highest BCUT2D eigenvalue weighted by atomic mass is 16.2. The van der Waals surface area contributed by atoms with Crippen LogP contribution in [-0.2, 0) is 11.2 Å². The van der Waals surface area contributed by atoms with Crippen LogP contribution in [0.4, 0.5) is 0 Å². The van der Waals surface area contributed by atoms with Crippen LogP contribution in [0.3, 0.4) is 0 Å². The Kier molecular flexibility index (Phi) is 5.79. The lowest BCUT2D eigenvalue weighted by atomic mass is 9.92. The van der Waals surface area contributed by atoms with Gasteiger partial charge in [-0.1, -0.05) is 38.1 Å². The number of aromatic nitrogens is 2. The Labute approximate surface area is 150 Å². The summed E-state index contributed by atoms with van der Waals surface area (Å²) in [6.07, 6.45) is 9.57. The Morgan fingerprint density at radius 3 is 2.68 bits per heavy atom. The fraction of sp³-hybridized carbons (Fsp3) is 0.476.